The second-order valence-corrected chi connectivity index (χ2v) is 11.6. The zero-order valence-electron chi connectivity index (χ0n) is 22.2. The normalized spacial score (nSPS) is 21.2. The Balaban J connectivity index is 1.16. The number of nitrogens with zero attached hydrogens (tertiary/aromatic N) is 5. The second-order valence-electron chi connectivity index (χ2n) is 11.6. The van der Waals surface area contributed by atoms with Crippen LogP contribution in [0.5, 0.6) is 5.75 Å². The molecule has 4 aromatic rings. The van der Waals surface area contributed by atoms with Gasteiger partial charge in [0.25, 0.3) is 0 Å². The van der Waals surface area contributed by atoms with Crippen molar-refractivity contribution in [1.29, 1.82) is 0 Å². The summed E-state index contributed by atoms with van der Waals surface area (Å²) in [6.45, 7) is 9.03. The quantitative estimate of drug-likeness (QED) is 0.395. The Bertz CT molecular complexity index is 1470. The highest BCUT2D eigenvalue weighted by atomic mass is 16.5. The molecule has 3 saturated heterocycles. The van der Waals surface area contributed by atoms with Crippen molar-refractivity contribution in [3.63, 3.8) is 0 Å². The number of hydrogen-bond acceptors (Lipinski definition) is 7. The van der Waals surface area contributed by atoms with E-state index in [-0.39, 0.29) is 11.0 Å². The van der Waals surface area contributed by atoms with Crippen LogP contribution >= 0.6 is 0 Å². The zero-order chi connectivity index (χ0) is 25.7. The Labute approximate surface area is 223 Å². The molecule has 0 amide bonds. The Morgan fingerprint density at radius 3 is 2.63 bits per heavy atom. The van der Waals surface area contributed by atoms with Gasteiger partial charge in [-0.15, -0.1) is 0 Å². The SMILES string of the molecule is CN1CCOCC12CCN(c1cccc3ccc(-n4cnc5cc(OCC6(C)COC6)ccc54)nc13)CC2. The van der Waals surface area contributed by atoms with E-state index in [1.807, 2.05) is 18.5 Å². The van der Waals surface area contributed by atoms with Crippen molar-refractivity contribution < 1.29 is 14.2 Å². The summed E-state index contributed by atoms with van der Waals surface area (Å²) in [5, 5.41) is 1.15. The Morgan fingerprint density at radius 2 is 1.84 bits per heavy atom. The average Bonchev–Trinajstić information content (AvgIpc) is 3.36. The lowest BCUT2D eigenvalue weighted by atomic mass is 9.85. The van der Waals surface area contributed by atoms with Crippen molar-refractivity contribution in [3.8, 4) is 11.6 Å². The van der Waals surface area contributed by atoms with Crippen LogP contribution in [0.2, 0.25) is 0 Å². The van der Waals surface area contributed by atoms with Crippen molar-refractivity contribution in [2.24, 2.45) is 5.41 Å². The number of piperidine rings is 1. The summed E-state index contributed by atoms with van der Waals surface area (Å²) in [6.07, 6.45) is 4.06. The molecule has 0 bridgehead atoms. The fourth-order valence-corrected chi connectivity index (χ4v) is 6.07. The van der Waals surface area contributed by atoms with E-state index < -0.39 is 0 Å². The Kier molecular flexibility index (Phi) is 5.80. The molecule has 0 saturated carbocycles. The first-order chi connectivity index (χ1) is 18.5. The van der Waals surface area contributed by atoms with Crippen LogP contribution < -0.4 is 9.64 Å². The second kappa shape index (κ2) is 9.22. The van der Waals surface area contributed by atoms with E-state index in [0.717, 1.165) is 92.4 Å². The minimum absolute atomic E-state index is 0.107. The predicted molar refractivity (Wildman–Crippen MR) is 148 cm³/mol. The zero-order valence-corrected chi connectivity index (χ0v) is 22.2. The molecule has 7 rings (SSSR count). The highest BCUT2D eigenvalue weighted by Gasteiger charge is 2.40. The fraction of sp³-hybridized carbons (Fsp3) is 0.467. The molecule has 2 aromatic carbocycles. The first kappa shape index (κ1) is 23.9. The average molecular weight is 514 g/mol. The summed E-state index contributed by atoms with van der Waals surface area (Å²) in [4.78, 5) is 14.9. The number of pyridine rings is 1. The molecule has 0 aliphatic carbocycles. The van der Waals surface area contributed by atoms with Crippen LogP contribution in [0.15, 0.2) is 54.9 Å². The van der Waals surface area contributed by atoms with Crippen LogP contribution in [0.4, 0.5) is 5.69 Å². The van der Waals surface area contributed by atoms with Crippen LogP contribution in [0.1, 0.15) is 19.8 Å². The Hall–Kier alpha value is -3.20. The first-order valence-corrected chi connectivity index (χ1v) is 13.6. The van der Waals surface area contributed by atoms with Gasteiger partial charge >= 0.3 is 0 Å². The van der Waals surface area contributed by atoms with Gasteiger partial charge in [-0.3, -0.25) is 9.47 Å². The number of rotatable bonds is 5. The number of para-hydroxylation sites is 1. The van der Waals surface area contributed by atoms with E-state index in [9.17, 15) is 0 Å². The topological polar surface area (TPSA) is 64.9 Å². The first-order valence-electron chi connectivity index (χ1n) is 13.6. The van der Waals surface area contributed by atoms with Crippen LogP contribution in [-0.4, -0.2) is 84.7 Å². The molecule has 0 atom stereocenters. The summed E-state index contributed by atoms with van der Waals surface area (Å²) >= 11 is 0. The third-order valence-electron chi connectivity index (χ3n) is 8.72. The molecule has 2 aromatic heterocycles. The highest BCUT2D eigenvalue weighted by Crippen LogP contribution is 2.35. The maximum absolute atomic E-state index is 6.06. The molecule has 3 aliphatic heterocycles. The van der Waals surface area contributed by atoms with Gasteiger partial charge in [0.1, 0.15) is 17.9 Å². The molecule has 3 fully saturated rings. The highest BCUT2D eigenvalue weighted by molar-refractivity contribution is 5.92. The lowest BCUT2D eigenvalue weighted by Crippen LogP contribution is -2.60. The van der Waals surface area contributed by atoms with Gasteiger partial charge in [-0.25, -0.2) is 9.97 Å². The molecule has 5 heterocycles. The monoisotopic (exact) mass is 513 g/mol. The largest absolute Gasteiger partial charge is 0.493 e. The van der Waals surface area contributed by atoms with Gasteiger partial charge in [-0.05, 0) is 50.2 Å². The van der Waals surface area contributed by atoms with Crippen LogP contribution in [0, 0.1) is 5.41 Å². The van der Waals surface area contributed by atoms with Gasteiger partial charge in [-0.2, -0.15) is 0 Å². The van der Waals surface area contributed by atoms with Crippen LogP contribution in [0.25, 0.3) is 27.8 Å². The van der Waals surface area contributed by atoms with Crippen LogP contribution in [0.3, 0.4) is 0 Å². The molecule has 8 nitrogen and oxygen atoms in total. The number of hydrogen-bond donors (Lipinski definition) is 0. The van der Waals surface area contributed by atoms with Gasteiger partial charge in [-0.1, -0.05) is 19.1 Å². The third kappa shape index (κ3) is 4.11. The van der Waals surface area contributed by atoms with Crippen molar-refractivity contribution in [3.05, 3.63) is 54.9 Å². The van der Waals surface area contributed by atoms with E-state index in [4.69, 9.17) is 19.2 Å². The summed E-state index contributed by atoms with van der Waals surface area (Å²) in [6, 6.07) is 16.8. The number of likely N-dealkylation sites (N-methyl/N-ethyl adjacent to an activating group) is 1. The molecule has 198 valence electrons. The maximum atomic E-state index is 6.06. The summed E-state index contributed by atoms with van der Waals surface area (Å²) in [5.74, 6) is 1.70. The lowest BCUT2D eigenvalue weighted by molar-refractivity contribution is -0.120. The van der Waals surface area contributed by atoms with Crippen LogP contribution in [-0.2, 0) is 9.47 Å². The predicted octanol–water partition coefficient (Wildman–Crippen LogP) is 4.29. The van der Waals surface area contributed by atoms with E-state index in [0.29, 0.717) is 6.61 Å². The van der Waals surface area contributed by atoms with Gasteiger partial charge in [0, 0.05) is 42.0 Å². The number of benzene rings is 2. The standard InChI is InChI=1S/C30H35N5O3/c1-29(17-37-18-29)19-38-23-7-8-25-24(16-23)31-21-35(25)27-9-6-22-4-3-5-26(28(22)32-27)34-12-10-30(11-13-34)20-36-15-14-33(30)2/h3-9,16,21H,10-15,17-20H2,1-2H3. The molecule has 0 radical (unpaired) electrons. The van der Waals surface area contributed by atoms with Crippen molar-refractivity contribution in [2.45, 2.75) is 25.3 Å². The smallest absolute Gasteiger partial charge is 0.139 e. The fourth-order valence-electron chi connectivity index (χ4n) is 6.07. The van der Waals surface area contributed by atoms with E-state index in [1.165, 1.54) is 5.69 Å². The summed E-state index contributed by atoms with van der Waals surface area (Å²) < 4.78 is 19.4. The maximum Gasteiger partial charge on any atom is 0.139 e. The van der Waals surface area contributed by atoms with Gasteiger partial charge in [0.2, 0.25) is 0 Å². The van der Waals surface area contributed by atoms with E-state index in [2.05, 4.69) is 69.7 Å². The van der Waals surface area contributed by atoms with Crippen molar-refractivity contribution >= 4 is 27.6 Å². The minimum atomic E-state index is 0.107. The lowest BCUT2D eigenvalue weighted by Gasteiger charge is -2.50. The molecular weight excluding hydrogens is 478 g/mol. The number of aromatic nitrogens is 3. The molecular formula is C30H35N5O3. The van der Waals surface area contributed by atoms with E-state index >= 15 is 0 Å². The summed E-state index contributed by atoms with van der Waals surface area (Å²) in [5.41, 5.74) is 4.42. The molecule has 38 heavy (non-hydrogen) atoms. The van der Waals surface area contributed by atoms with E-state index in [1.54, 1.807) is 0 Å². The van der Waals surface area contributed by atoms with Gasteiger partial charge < -0.3 is 19.1 Å². The molecule has 1 spiro atoms. The Morgan fingerprint density at radius 1 is 0.974 bits per heavy atom. The van der Waals surface area contributed by atoms with Gasteiger partial charge in [0.05, 0.1) is 55.3 Å². The van der Waals surface area contributed by atoms with Gasteiger partial charge in [0.15, 0.2) is 0 Å². The number of fused-ring (bicyclic) bond motifs is 2. The number of imidazole rings is 1. The number of anilines is 1. The number of ether oxygens (including phenoxy) is 3. The summed E-state index contributed by atoms with van der Waals surface area (Å²) in [7, 11) is 2.25. The molecule has 8 heteroatoms. The van der Waals surface area contributed by atoms with Crippen molar-refractivity contribution in [2.75, 3.05) is 64.6 Å². The molecule has 0 N–H and O–H groups in total. The number of morpholine rings is 1. The van der Waals surface area contributed by atoms with Crippen molar-refractivity contribution in [1.82, 2.24) is 19.4 Å². The molecule has 0 unspecified atom stereocenters. The minimum Gasteiger partial charge on any atom is -0.493 e. The third-order valence-corrected chi connectivity index (χ3v) is 8.72. The molecule has 3 aliphatic rings.